The molecule has 0 aliphatic rings. The van der Waals surface area contributed by atoms with E-state index in [2.05, 4.69) is 20.7 Å². The first-order valence-electron chi connectivity index (χ1n) is 7.58. The zero-order valence-corrected chi connectivity index (χ0v) is 16.3. The molecule has 0 spiro atoms. The molecule has 0 bridgehead atoms. The van der Waals surface area contributed by atoms with Gasteiger partial charge < -0.3 is 10.6 Å². The zero-order valence-electron chi connectivity index (χ0n) is 14.0. The number of alkyl halides is 3. The van der Waals surface area contributed by atoms with Crippen molar-refractivity contribution in [2.45, 2.75) is 25.6 Å². The van der Waals surface area contributed by atoms with Gasteiger partial charge in [0, 0.05) is 39.1 Å². The first-order chi connectivity index (χ1) is 10.9. The van der Waals surface area contributed by atoms with Gasteiger partial charge in [-0.05, 0) is 32.5 Å². The molecule has 140 valence electrons. The summed E-state index contributed by atoms with van der Waals surface area (Å²) in [6.45, 7) is 1.63. The minimum atomic E-state index is -4.14. The number of nitrogens with zero attached hydrogens (tertiary/aromatic N) is 4. The Morgan fingerprint density at radius 1 is 1.25 bits per heavy atom. The highest BCUT2D eigenvalue weighted by atomic mass is 127. The van der Waals surface area contributed by atoms with Gasteiger partial charge in [0.2, 0.25) is 0 Å². The first-order valence-corrected chi connectivity index (χ1v) is 7.58. The van der Waals surface area contributed by atoms with Crippen LogP contribution >= 0.6 is 24.0 Å². The Balaban J connectivity index is 0.00000529. The van der Waals surface area contributed by atoms with Gasteiger partial charge in [-0.25, -0.2) is 0 Å². The number of hydrogen-bond acceptors (Lipinski definition) is 3. The van der Waals surface area contributed by atoms with Crippen LogP contribution in [-0.4, -0.2) is 67.1 Å². The van der Waals surface area contributed by atoms with E-state index in [-0.39, 0.29) is 24.0 Å². The Hall–Kier alpha value is -1.04. The molecule has 6 nitrogen and oxygen atoms in total. The Kier molecular flexibility index (Phi) is 11.8. The summed E-state index contributed by atoms with van der Waals surface area (Å²) in [4.78, 5) is 5.34. The molecule has 0 saturated heterocycles. The molecule has 1 aromatic heterocycles. The van der Waals surface area contributed by atoms with Gasteiger partial charge in [-0.1, -0.05) is 0 Å². The number of halogens is 4. The van der Waals surface area contributed by atoms with Gasteiger partial charge in [-0.2, -0.15) is 18.3 Å². The minimum absolute atomic E-state index is 0. The van der Waals surface area contributed by atoms with Crippen molar-refractivity contribution in [2.75, 3.05) is 40.3 Å². The average molecular weight is 462 g/mol. The molecule has 2 N–H and O–H groups in total. The lowest BCUT2D eigenvalue weighted by Gasteiger charge is -2.18. The quantitative estimate of drug-likeness (QED) is 0.255. The van der Waals surface area contributed by atoms with Gasteiger partial charge in [0.1, 0.15) is 0 Å². The van der Waals surface area contributed by atoms with Crippen LogP contribution in [0.2, 0.25) is 0 Å². The van der Waals surface area contributed by atoms with E-state index < -0.39 is 12.7 Å². The third kappa shape index (κ3) is 11.5. The second-order valence-corrected chi connectivity index (χ2v) is 5.25. The number of aryl methyl sites for hydroxylation is 1. The maximum Gasteiger partial charge on any atom is 0.401 e. The summed E-state index contributed by atoms with van der Waals surface area (Å²) >= 11 is 0. The Labute approximate surface area is 157 Å². The van der Waals surface area contributed by atoms with Crippen molar-refractivity contribution < 1.29 is 13.2 Å². The van der Waals surface area contributed by atoms with Crippen LogP contribution in [0.15, 0.2) is 23.5 Å². The van der Waals surface area contributed by atoms with E-state index >= 15 is 0 Å². The van der Waals surface area contributed by atoms with E-state index in [0.29, 0.717) is 25.5 Å². The summed E-state index contributed by atoms with van der Waals surface area (Å²) in [5.74, 6) is 0.656. The molecule has 0 aliphatic carbocycles. The SMILES string of the molecule is CN=C(NCCCN(C)CC(F)(F)F)NCCCn1cccn1.I. The average Bonchev–Trinajstić information content (AvgIpc) is 2.97. The van der Waals surface area contributed by atoms with Crippen LogP contribution in [0.1, 0.15) is 12.8 Å². The highest BCUT2D eigenvalue weighted by Crippen LogP contribution is 2.15. The van der Waals surface area contributed by atoms with Crippen LogP contribution in [0.25, 0.3) is 0 Å². The summed E-state index contributed by atoms with van der Waals surface area (Å²) < 4.78 is 38.4. The van der Waals surface area contributed by atoms with Crippen LogP contribution in [0.3, 0.4) is 0 Å². The summed E-state index contributed by atoms with van der Waals surface area (Å²) in [5.41, 5.74) is 0. The maximum absolute atomic E-state index is 12.2. The molecule has 0 radical (unpaired) electrons. The lowest BCUT2D eigenvalue weighted by molar-refractivity contribution is -0.143. The predicted molar refractivity (Wildman–Crippen MR) is 99.8 cm³/mol. The fourth-order valence-electron chi connectivity index (χ4n) is 2.04. The fraction of sp³-hybridized carbons (Fsp3) is 0.714. The largest absolute Gasteiger partial charge is 0.401 e. The van der Waals surface area contributed by atoms with E-state index in [1.807, 2.05) is 16.9 Å². The molecular formula is C14H26F3IN6. The molecule has 10 heteroatoms. The van der Waals surface area contributed by atoms with E-state index in [0.717, 1.165) is 19.5 Å². The van der Waals surface area contributed by atoms with Crippen molar-refractivity contribution in [3.05, 3.63) is 18.5 Å². The minimum Gasteiger partial charge on any atom is -0.356 e. The third-order valence-corrected chi connectivity index (χ3v) is 3.10. The van der Waals surface area contributed by atoms with Crippen LogP contribution < -0.4 is 10.6 Å². The van der Waals surface area contributed by atoms with Gasteiger partial charge in [-0.3, -0.25) is 14.6 Å². The molecule has 0 unspecified atom stereocenters. The number of guanidine groups is 1. The van der Waals surface area contributed by atoms with Crippen molar-refractivity contribution in [2.24, 2.45) is 4.99 Å². The fourth-order valence-corrected chi connectivity index (χ4v) is 2.04. The van der Waals surface area contributed by atoms with Gasteiger partial charge >= 0.3 is 6.18 Å². The van der Waals surface area contributed by atoms with E-state index in [1.54, 1.807) is 13.2 Å². The molecule has 0 fully saturated rings. The third-order valence-electron chi connectivity index (χ3n) is 3.10. The van der Waals surface area contributed by atoms with Crippen LogP contribution in [0.4, 0.5) is 13.2 Å². The normalized spacial score (nSPS) is 12.2. The highest BCUT2D eigenvalue weighted by Gasteiger charge is 2.28. The van der Waals surface area contributed by atoms with Gasteiger partial charge in [0.25, 0.3) is 0 Å². The Morgan fingerprint density at radius 2 is 1.92 bits per heavy atom. The topological polar surface area (TPSA) is 57.5 Å². The monoisotopic (exact) mass is 462 g/mol. The van der Waals surface area contributed by atoms with Crippen molar-refractivity contribution in [1.82, 2.24) is 25.3 Å². The van der Waals surface area contributed by atoms with Gasteiger partial charge in [0.15, 0.2) is 5.96 Å². The lowest BCUT2D eigenvalue weighted by Crippen LogP contribution is -2.39. The second kappa shape index (κ2) is 12.3. The van der Waals surface area contributed by atoms with Crippen molar-refractivity contribution >= 4 is 29.9 Å². The molecule has 0 aromatic carbocycles. The number of aliphatic imine (C=N–C) groups is 1. The summed E-state index contributed by atoms with van der Waals surface area (Å²) in [6.07, 6.45) is 1.01. The molecule has 0 aliphatic heterocycles. The van der Waals surface area contributed by atoms with Crippen molar-refractivity contribution in [1.29, 1.82) is 0 Å². The maximum atomic E-state index is 12.2. The summed E-state index contributed by atoms with van der Waals surface area (Å²) in [7, 11) is 3.13. The molecule has 1 heterocycles. The number of hydrogen-bond donors (Lipinski definition) is 2. The smallest absolute Gasteiger partial charge is 0.356 e. The zero-order chi connectivity index (χ0) is 17.1. The molecule has 1 rings (SSSR count). The second-order valence-electron chi connectivity index (χ2n) is 5.25. The molecule has 0 amide bonds. The van der Waals surface area contributed by atoms with Crippen molar-refractivity contribution in [3.63, 3.8) is 0 Å². The summed E-state index contributed by atoms with van der Waals surface area (Å²) in [5, 5.41) is 10.4. The molecule has 0 atom stereocenters. The first kappa shape index (κ1) is 23.0. The van der Waals surface area contributed by atoms with Gasteiger partial charge in [-0.15, -0.1) is 24.0 Å². The number of aromatic nitrogens is 2. The molecule has 0 saturated carbocycles. The standard InChI is InChI=1S/C14H25F3N6.HI/c1-18-13(20-7-4-10-23-11-5-8-21-23)19-6-3-9-22(2)12-14(15,16)17;/h5,8,11H,3-4,6-7,9-10,12H2,1-2H3,(H2,18,19,20);1H. The Bertz CT molecular complexity index is 450. The van der Waals surface area contributed by atoms with Crippen LogP contribution in [0, 0.1) is 0 Å². The van der Waals surface area contributed by atoms with Crippen LogP contribution in [0.5, 0.6) is 0 Å². The van der Waals surface area contributed by atoms with Gasteiger partial charge in [0.05, 0.1) is 6.54 Å². The number of rotatable bonds is 9. The van der Waals surface area contributed by atoms with Crippen LogP contribution in [-0.2, 0) is 6.54 Å². The molecule has 24 heavy (non-hydrogen) atoms. The van der Waals surface area contributed by atoms with E-state index in [1.165, 1.54) is 11.9 Å². The molecule has 1 aromatic rings. The molecular weight excluding hydrogens is 436 g/mol. The Morgan fingerprint density at radius 3 is 2.46 bits per heavy atom. The lowest BCUT2D eigenvalue weighted by atomic mass is 10.4. The number of nitrogens with one attached hydrogen (secondary N) is 2. The van der Waals surface area contributed by atoms with E-state index in [9.17, 15) is 13.2 Å². The predicted octanol–water partition coefficient (Wildman–Crippen LogP) is 1.94. The summed E-state index contributed by atoms with van der Waals surface area (Å²) in [6, 6.07) is 1.88. The van der Waals surface area contributed by atoms with E-state index in [4.69, 9.17) is 0 Å². The highest BCUT2D eigenvalue weighted by molar-refractivity contribution is 14.0. The van der Waals surface area contributed by atoms with Crippen molar-refractivity contribution in [3.8, 4) is 0 Å².